The molecular formula is C8H12ClN3O2S. The van der Waals surface area contributed by atoms with Gasteiger partial charge >= 0.3 is 0 Å². The highest BCUT2D eigenvalue weighted by Crippen LogP contribution is 2.08. The van der Waals surface area contributed by atoms with Gasteiger partial charge in [0.25, 0.3) is 0 Å². The molecule has 0 aliphatic rings. The average molecular weight is 250 g/mol. The van der Waals surface area contributed by atoms with Crippen molar-refractivity contribution in [3.05, 3.63) is 23.4 Å². The summed E-state index contributed by atoms with van der Waals surface area (Å²) in [7, 11) is -3.12. The molecule has 0 saturated heterocycles. The van der Waals surface area contributed by atoms with Crippen molar-refractivity contribution >= 4 is 27.4 Å². The molecule has 1 heterocycles. The molecule has 0 fully saturated rings. The third-order valence-electron chi connectivity index (χ3n) is 1.51. The van der Waals surface area contributed by atoms with E-state index in [2.05, 4.69) is 15.0 Å². The average Bonchev–Trinajstić information content (AvgIpc) is 2.11. The first-order valence-corrected chi connectivity index (χ1v) is 6.55. The molecule has 0 saturated carbocycles. The Hall–Kier alpha value is -0.850. The van der Waals surface area contributed by atoms with Gasteiger partial charge in [0, 0.05) is 13.1 Å². The van der Waals surface area contributed by atoms with Gasteiger partial charge in [0.2, 0.25) is 10.0 Å². The highest BCUT2D eigenvalue weighted by atomic mass is 35.5. The topological polar surface area (TPSA) is 71.1 Å². The molecule has 0 aliphatic heterocycles. The SMILES string of the molecule is CS(=O)(=O)NCCNc1cccc(Cl)n1. The molecule has 0 aliphatic carbocycles. The number of hydrogen-bond donors (Lipinski definition) is 2. The van der Waals surface area contributed by atoms with E-state index < -0.39 is 10.0 Å². The van der Waals surface area contributed by atoms with Crippen molar-refractivity contribution in [2.75, 3.05) is 24.7 Å². The Morgan fingerprint density at radius 2 is 2.13 bits per heavy atom. The summed E-state index contributed by atoms with van der Waals surface area (Å²) >= 11 is 5.67. The van der Waals surface area contributed by atoms with E-state index in [4.69, 9.17) is 11.6 Å². The second-order valence-electron chi connectivity index (χ2n) is 2.94. The summed E-state index contributed by atoms with van der Waals surface area (Å²) < 4.78 is 23.8. The van der Waals surface area contributed by atoms with Gasteiger partial charge in [-0.1, -0.05) is 17.7 Å². The fraction of sp³-hybridized carbons (Fsp3) is 0.375. The smallest absolute Gasteiger partial charge is 0.208 e. The van der Waals surface area contributed by atoms with Crippen LogP contribution in [-0.4, -0.2) is 32.7 Å². The first-order chi connectivity index (χ1) is 6.97. The summed E-state index contributed by atoms with van der Waals surface area (Å²) in [6.45, 7) is 0.771. The fourth-order valence-corrected chi connectivity index (χ4v) is 1.57. The summed E-state index contributed by atoms with van der Waals surface area (Å²) in [5.41, 5.74) is 0. The summed E-state index contributed by atoms with van der Waals surface area (Å²) in [4.78, 5) is 3.98. The lowest BCUT2D eigenvalue weighted by molar-refractivity contribution is 0.589. The molecule has 1 aromatic heterocycles. The highest BCUT2D eigenvalue weighted by Gasteiger charge is 1.99. The predicted molar refractivity (Wildman–Crippen MR) is 60.6 cm³/mol. The molecule has 0 amide bonds. The van der Waals surface area contributed by atoms with Gasteiger partial charge in [-0.3, -0.25) is 0 Å². The van der Waals surface area contributed by atoms with E-state index in [1.807, 2.05) is 0 Å². The quantitative estimate of drug-likeness (QED) is 0.595. The van der Waals surface area contributed by atoms with Crippen molar-refractivity contribution < 1.29 is 8.42 Å². The van der Waals surface area contributed by atoms with Gasteiger partial charge in [0.05, 0.1) is 6.26 Å². The van der Waals surface area contributed by atoms with Crippen LogP contribution >= 0.6 is 11.6 Å². The molecule has 84 valence electrons. The minimum atomic E-state index is -3.12. The van der Waals surface area contributed by atoms with Crippen LogP contribution in [-0.2, 0) is 10.0 Å². The van der Waals surface area contributed by atoms with Crippen molar-refractivity contribution in [3.63, 3.8) is 0 Å². The maximum absolute atomic E-state index is 10.7. The summed E-state index contributed by atoms with van der Waals surface area (Å²) in [5.74, 6) is 0.623. The lowest BCUT2D eigenvalue weighted by Gasteiger charge is -2.05. The molecule has 0 radical (unpaired) electrons. The minimum absolute atomic E-state index is 0.313. The minimum Gasteiger partial charge on any atom is -0.369 e. The maximum Gasteiger partial charge on any atom is 0.208 e. The van der Waals surface area contributed by atoms with Crippen molar-refractivity contribution in [1.82, 2.24) is 9.71 Å². The zero-order valence-electron chi connectivity index (χ0n) is 8.20. The van der Waals surface area contributed by atoms with Crippen LogP contribution in [0.3, 0.4) is 0 Å². The molecule has 0 atom stereocenters. The van der Waals surface area contributed by atoms with Crippen LogP contribution < -0.4 is 10.0 Å². The second kappa shape index (κ2) is 5.29. The molecule has 0 bridgehead atoms. The third-order valence-corrected chi connectivity index (χ3v) is 2.45. The molecule has 1 rings (SSSR count). The predicted octanol–water partition coefficient (Wildman–Crippen LogP) is 0.696. The van der Waals surface area contributed by atoms with E-state index >= 15 is 0 Å². The Bertz CT molecular complexity index is 422. The van der Waals surface area contributed by atoms with Crippen molar-refractivity contribution in [2.45, 2.75) is 0 Å². The number of hydrogen-bond acceptors (Lipinski definition) is 4. The van der Waals surface area contributed by atoms with Crippen LogP contribution in [0.2, 0.25) is 5.15 Å². The molecule has 0 spiro atoms. The monoisotopic (exact) mass is 249 g/mol. The number of pyridine rings is 1. The number of nitrogens with one attached hydrogen (secondary N) is 2. The Labute approximate surface area is 93.9 Å². The van der Waals surface area contributed by atoms with Crippen molar-refractivity contribution in [3.8, 4) is 0 Å². The van der Waals surface area contributed by atoms with Crippen LogP contribution in [0.15, 0.2) is 18.2 Å². The molecule has 7 heteroatoms. The summed E-state index contributed by atoms with van der Waals surface area (Å²) in [6.07, 6.45) is 1.12. The summed E-state index contributed by atoms with van der Waals surface area (Å²) in [5, 5.41) is 3.33. The fourth-order valence-electron chi connectivity index (χ4n) is 0.934. The van der Waals surface area contributed by atoms with Crippen molar-refractivity contribution in [2.24, 2.45) is 0 Å². The number of sulfonamides is 1. The van der Waals surface area contributed by atoms with Gasteiger partial charge in [-0.2, -0.15) is 0 Å². The molecular weight excluding hydrogens is 238 g/mol. The normalized spacial score (nSPS) is 11.3. The first kappa shape index (κ1) is 12.2. The van der Waals surface area contributed by atoms with Gasteiger partial charge in [-0.25, -0.2) is 18.1 Å². The Morgan fingerprint density at radius 3 is 2.73 bits per heavy atom. The molecule has 0 unspecified atom stereocenters. The van der Waals surface area contributed by atoms with Gasteiger partial charge < -0.3 is 5.32 Å². The molecule has 0 aromatic carbocycles. The van der Waals surface area contributed by atoms with Crippen LogP contribution in [0.5, 0.6) is 0 Å². The standard InChI is InChI=1S/C8H12ClN3O2S/c1-15(13,14)11-6-5-10-8-4-2-3-7(9)12-8/h2-4,11H,5-6H2,1H3,(H,10,12). The largest absolute Gasteiger partial charge is 0.369 e. The van der Waals surface area contributed by atoms with Gasteiger partial charge in [0.15, 0.2) is 0 Å². The van der Waals surface area contributed by atoms with E-state index in [9.17, 15) is 8.42 Å². The third kappa shape index (κ3) is 5.56. The van der Waals surface area contributed by atoms with E-state index in [1.165, 1.54) is 0 Å². The number of halogens is 1. The van der Waals surface area contributed by atoms with E-state index in [1.54, 1.807) is 18.2 Å². The zero-order valence-corrected chi connectivity index (χ0v) is 9.77. The molecule has 2 N–H and O–H groups in total. The Balaban J connectivity index is 2.32. The molecule has 5 nitrogen and oxygen atoms in total. The van der Waals surface area contributed by atoms with Gasteiger partial charge in [-0.15, -0.1) is 0 Å². The summed E-state index contributed by atoms with van der Waals surface area (Å²) in [6, 6.07) is 5.19. The van der Waals surface area contributed by atoms with E-state index in [0.29, 0.717) is 24.1 Å². The Morgan fingerprint density at radius 1 is 1.40 bits per heavy atom. The molecule has 15 heavy (non-hydrogen) atoms. The number of rotatable bonds is 5. The maximum atomic E-state index is 10.7. The lowest BCUT2D eigenvalue weighted by atomic mass is 10.4. The van der Waals surface area contributed by atoms with E-state index in [0.717, 1.165) is 6.26 Å². The van der Waals surface area contributed by atoms with Crippen LogP contribution in [0.25, 0.3) is 0 Å². The van der Waals surface area contributed by atoms with E-state index in [-0.39, 0.29) is 0 Å². The van der Waals surface area contributed by atoms with Gasteiger partial charge in [-0.05, 0) is 12.1 Å². The van der Waals surface area contributed by atoms with Crippen LogP contribution in [0.4, 0.5) is 5.82 Å². The zero-order chi connectivity index (χ0) is 11.3. The Kier molecular flexibility index (Phi) is 4.31. The van der Waals surface area contributed by atoms with Crippen molar-refractivity contribution in [1.29, 1.82) is 0 Å². The van der Waals surface area contributed by atoms with Crippen LogP contribution in [0, 0.1) is 0 Å². The second-order valence-corrected chi connectivity index (χ2v) is 5.16. The lowest BCUT2D eigenvalue weighted by Crippen LogP contribution is -2.27. The first-order valence-electron chi connectivity index (χ1n) is 4.28. The number of anilines is 1. The number of aromatic nitrogens is 1. The highest BCUT2D eigenvalue weighted by molar-refractivity contribution is 7.88. The number of nitrogens with zero attached hydrogens (tertiary/aromatic N) is 1. The van der Waals surface area contributed by atoms with Crippen LogP contribution in [0.1, 0.15) is 0 Å². The molecule has 1 aromatic rings. The van der Waals surface area contributed by atoms with Gasteiger partial charge in [0.1, 0.15) is 11.0 Å².